The molecule has 2 aromatic heterocycles. The first-order chi connectivity index (χ1) is 13.0. The van der Waals surface area contributed by atoms with Crippen molar-refractivity contribution < 1.29 is 13.2 Å². The Morgan fingerprint density at radius 3 is 2.85 bits per heavy atom. The minimum absolute atomic E-state index is 0.118. The van der Waals surface area contributed by atoms with Crippen molar-refractivity contribution in [3.63, 3.8) is 0 Å². The average Bonchev–Trinajstić information content (AvgIpc) is 3.05. The Hall–Kier alpha value is -2.24. The number of fused-ring (bicyclic) bond motifs is 1. The fraction of sp³-hybridized carbons (Fsp3) is 0.312. The molecule has 3 N–H and O–H groups in total. The van der Waals surface area contributed by atoms with Crippen LogP contribution < -0.4 is 14.8 Å². The molecule has 3 rings (SSSR count). The fourth-order valence-corrected chi connectivity index (χ4v) is 3.60. The second kappa shape index (κ2) is 8.19. The molecule has 0 atom stereocenters. The molecule has 0 aliphatic carbocycles. The highest BCUT2D eigenvalue weighted by Crippen LogP contribution is 2.33. The van der Waals surface area contributed by atoms with E-state index in [1.165, 1.54) is 25.5 Å². The first kappa shape index (κ1) is 19.5. The van der Waals surface area contributed by atoms with E-state index in [0.29, 0.717) is 39.5 Å². The highest BCUT2D eigenvalue weighted by Gasteiger charge is 2.17. The smallest absolute Gasteiger partial charge is 0.240 e. The first-order valence-corrected chi connectivity index (χ1v) is 10.6. The van der Waals surface area contributed by atoms with E-state index in [9.17, 15) is 8.42 Å². The van der Waals surface area contributed by atoms with Gasteiger partial charge >= 0.3 is 0 Å². The summed E-state index contributed by atoms with van der Waals surface area (Å²) in [6.07, 6.45) is 3.26. The summed E-state index contributed by atoms with van der Waals surface area (Å²) in [6.45, 7) is 2.59. The number of nitrogens with one attached hydrogen (secondary N) is 3. The third-order valence-corrected chi connectivity index (χ3v) is 5.83. The quantitative estimate of drug-likeness (QED) is 0.447. The molecule has 1 aromatic carbocycles. The van der Waals surface area contributed by atoms with Gasteiger partial charge in [-0.15, -0.1) is 0 Å². The van der Waals surface area contributed by atoms with E-state index in [2.05, 4.69) is 53.1 Å². The molecule has 0 aliphatic rings. The van der Waals surface area contributed by atoms with Gasteiger partial charge in [0.25, 0.3) is 0 Å². The molecule has 144 valence electrons. The topological polar surface area (TPSA) is 122 Å². The monoisotopic (exact) mass is 454 g/mol. The molecule has 0 aliphatic heterocycles. The molecule has 27 heavy (non-hydrogen) atoms. The van der Waals surface area contributed by atoms with Gasteiger partial charge in [-0.3, -0.25) is 5.10 Å². The zero-order valence-electron chi connectivity index (χ0n) is 14.8. The van der Waals surface area contributed by atoms with Gasteiger partial charge in [-0.2, -0.15) is 5.10 Å². The van der Waals surface area contributed by atoms with Crippen molar-refractivity contribution in [3.05, 3.63) is 29.1 Å². The number of H-pyrrole nitrogens is 1. The molecule has 0 unspecified atom stereocenters. The summed E-state index contributed by atoms with van der Waals surface area (Å²) in [7, 11) is -2.24. The molecule has 3 aromatic rings. The van der Waals surface area contributed by atoms with Gasteiger partial charge in [0.2, 0.25) is 10.0 Å². The van der Waals surface area contributed by atoms with Crippen molar-refractivity contribution in [1.82, 2.24) is 24.9 Å². The molecule has 0 saturated heterocycles. The Bertz CT molecular complexity index is 1050. The van der Waals surface area contributed by atoms with Crippen LogP contribution >= 0.6 is 15.9 Å². The van der Waals surface area contributed by atoms with Gasteiger partial charge < -0.3 is 10.1 Å². The van der Waals surface area contributed by atoms with Crippen LogP contribution in [0.4, 0.5) is 11.5 Å². The second-order valence-electron chi connectivity index (χ2n) is 5.65. The minimum atomic E-state index is -3.60. The summed E-state index contributed by atoms with van der Waals surface area (Å²) in [5, 5.41) is 10.7. The zero-order chi connectivity index (χ0) is 19.4. The molecule has 0 amide bonds. The van der Waals surface area contributed by atoms with E-state index in [1.54, 1.807) is 6.07 Å². The van der Waals surface area contributed by atoms with Crippen molar-refractivity contribution in [2.24, 2.45) is 0 Å². The first-order valence-electron chi connectivity index (χ1n) is 8.28. The highest BCUT2D eigenvalue weighted by molar-refractivity contribution is 9.10. The molecular weight excluding hydrogens is 436 g/mol. The molecule has 0 spiro atoms. The Morgan fingerprint density at radius 2 is 2.11 bits per heavy atom. The number of ether oxygens (including phenoxy) is 1. The van der Waals surface area contributed by atoms with Gasteiger partial charge in [-0.25, -0.2) is 23.1 Å². The number of halogens is 1. The Morgan fingerprint density at radius 1 is 1.30 bits per heavy atom. The predicted octanol–water partition coefficient (Wildman–Crippen LogP) is 2.95. The van der Waals surface area contributed by atoms with E-state index >= 15 is 0 Å². The number of nitrogens with zero attached hydrogens (tertiary/aromatic N) is 3. The summed E-state index contributed by atoms with van der Waals surface area (Å²) >= 11 is 3.38. The lowest BCUT2D eigenvalue weighted by molar-refractivity contribution is 0.310. The molecule has 11 heteroatoms. The highest BCUT2D eigenvalue weighted by atomic mass is 79.9. The number of aromatic nitrogens is 4. The van der Waals surface area contributed by atoms with Crippen LogP contribution in [0, 0.1) is 0 Å². The van der Waals surface area contributed by atoms with Crippen LogP contribution in [0.2, 0.25) is 0 Å². The van der Waals surface area contributed by atoms with Crippen LogP contribution in [0.25, 0.3) is 11.0 Å². The third kappa shape index (κ3) is 4.20. The van der Waals surface area contributed by atoms with Gasteiger partial charge in [-0.1, -0.05) is 13.3 Å². The summed E-state index contributed by atoms with van der Waals surface area (Å²) in [5.41, 5.74) is 0.961. The molecular formula is C16H19BrN6O3S. The van der Waals surface area contributed by atoms with Gasteiger partial charge in [0.05, 0.1) is 22.6 Å². The lowest BCUT2D eigenvalue weighted by Gasteiger charge is -2.15. The normalized spacial score (nSPS) is 11.7. The van der Waals surface area contributed by atoms with Crippen molar-refractivity contribution >= 4 is 48.5 Å². The molecule has 9 nitrogen and oxygen atoms in total. The molecule has 0 radical (unpaired) electrons. The van der Waals surface area contributed by atoms with Crippen LogP contribution in [0.1, 0.15) is 19.8 Å². The minimum Gasteiger partial charge on any atom is -0.491 e. The van der Waals surface area contributed by atoms with Crippen LogP contribution in [0.3, 0.4) is 0 Å². The number of anilines is 2. The summed E-state index contributed by atoms with van der Waals surface area (Å²) in [5.74, 6) is 1.00. The van der Waals surface area contributed by atoms with Gasteiger partial charge in [0.1, 0.15) is 22.5 Å². The number of rotatable bonds is 8. The molecule has 0 fully saturated rings. The number of hydrogen-bond donors (Lipinski definition) is 3. The standard InChI is InChI=1S/C16H19BrN6O3S/c1-3-4-7-26-12-6-5-10(27(24,25)18-2)8-11(12)21-15-13-14(17)22-23-16(13)20-9-19-15/h5-6,8-9,18H,3-4,7H2,1-2H3,(H2,19,20,21,22,23). The SMILES string of the molecule is CCCCOc1ccc(S(=O)(=O)NC)cc1Nc1ncnc2n[nH]c(Br)c12. The molecule has 0 saturated carbocycles. The number of unbranched alkanes of at least 4 members (excludes halogenated alkanes) is 1. The molecule has 0 bridgehead atoms. The van der Waals surface area contributed by atoms with Gasteiger partial charge in [0.15, 0.2) is 5.65 Å². The summed E-state index contributed by atoms with van der Waals surface area (Å²) in [6, 6.07) is 4.64. The predicted molar refractivity (Wildman–Crippen MR) is 106 cm³/mol. The number of aromatic amines is 1. The van der Waals surface area contributed by atoms with E-state index < -0.39 is 10.0 Å². The van der Waals surface area contributed by atoms with Crippen molar-refractivity contribution in [3.8, 4) is 5.75 Å². The van der Waals surface area contributed by atoms with E-state index in [1.807, 2.05) is 0 Å². The van der Waals surface area contributed by atoms with Crippen LogP contribution in [-0.4, -0.2) is 42.2 Å². The molecule has 2 heterocycles. The van der Waals surface area contributed by atoms with Crippen LogP contribution in [-0.2, 0) is 10.0 Å². The Balaban J connectivity index is 2.04. The summed E-state index contributed by atoms with van der Waals surface area (Å²) in [4.78, 5) is 8.47. The maximum Gasteiger partial charge on any atom is 0.240 e. The zero-order valence-corrected chi connectivity index (χ0v) is 17.2. The van der Waals surface area contributed by atoms with Gasteiger partial charge in [0, 0.05) is 0 Å². The van der Waals surface area contributed by atoms with E-state index in [-0.39, 0.29) is 4.90 Å². The number of benzene rings is 1. The average molecular weight is 455 g/mol. The number of sulfonamides is 1. The van der Waals surface area contributed by atoms with Crippen LogP contribution in [0.15, 0.2) is 34.0 Å². The van der Waals surface area contributed by atoms with E-state index in [0.717, 1.165) is 12.8 Å². The maximum absolute atomic E-state index is 12.2. The van der Waals surface area contributed by atoms with Crippen molar-refractivity contribution in [1.29, 1.82) is 0 Å². The second-order valence-corrected chi connectivity index (χ2v) is 8.33. The maximum atomic E-state index is 12.2. The lowest BCUT2D eigenvalue weighted by atomic mass is 10.2. The Kier molecular flexibility index (Phi) is 5.92. The van der Waals surface area contributed by atoms with Crippen molar-refractivity contribution in [2.45, 2.75) is 24.7 Å². The van der Waals surface area contributed by atoms with Gasteiger partial charge in [-0.05, 0) is 47.6 Å². The fourth-order valence-electron chi connectivity index (χ4n) is 2.39. The Labute approximate surface area is 165 Å². The third-order valence-electron chi connectivity index (χ3n) is 3.85. The van der Waals surface area contributed by atoms with Crippen molar-refractivity contribution in [2.75, 3.05) is 19.0 Å². The lowest BCUT2D eigenvalue weighted by Crippen LogP contribution is -2.18. The van der Waals surface area contributed by atoms with E-state index in [4.69, 9.17) is 4.74 Å². The van der Waals surface area contributed by atoms with Crippen LogP contribution in [0.5, 0.6) is 5.75 Å². The summed E-state index contributed by atoms with van der Waals surface area (Å²) < 4.78 is 33.1. The largest absolute Gasteiger partial charge is 0.491 e. The number of hydrogen-bond acceptors (Lipinski definition) is 7.